The van der Waals surface area contributed by atoms with Crippen LogP contribution >= 0.6 is 11.6 Å². The van der Waals surface area contributed by atoms with Gasteiger partial charge in [0.2, 0.25) is 5.91 Å². The smallest absolute Gasteiger partial charge is 0.250 e. The van der Waals surface area contributed by atoms with E-state index in [1.165, 1.54) is 12.1 Å². The molecule has 5 heteroatoms. The summed E-state index contributed by atoms with van der Waals surface area (Å²) in [7, 11) is 0. The number of nitrogens with two attached hydrogens (primary N) is 2. The highest BCUT2D eigenvalue weighted by Gasteiger charge is 2.08. The Bertz CT molecular complexity index is 599. The van der Waals surface area contributed by atoms with Crippen molar-refractivity contribution < 1.29 is 9.53 Å². The molecule has 0 aliphatic carbocycles. The average molecular weight is 263 g/mol. The summed E-state index contributed by atoms with van der Waals surface area (Å²) in [6.45, 7) is 0. The van der Waals surface area contributed by atoms with Crippen LogP contribution < -0.4 is 16.2 Å². The highest BCUT2D eigenvalue weighted by molar-refractivity contribution is 6.33. The van der Waals surface area contributed by atoms with Gasteiger partial charge in [0.25, 0.3) is 0 Å². The van der Waals surface area contributed by atoms with Crippen molar-refractivity contribution in [3.05, 3.63) is 53.1 Å². The van der Waals surface area contributed by atoms with E-state index in [1.54, 1.807) is 18.2 Å². The summed E-state index contributed by atoms with van der Waals surface area (Å²) in [4.78, 5) is 11.0. The molecule has 2 rings (SSSR count). The van der Waals surface area contributed by atoms with Crippen LogP contribution in [0.1, 0.15) is 10.4 Å². The summed E-state index contributed by atoms with van der Waals surface area (Å²) in [5.41, 5.74) is 11.7. The second-order valence-electron chi connectivity index (χ2n) is 3.65. The van der Waals surface area contributed by atoms with Crippen LogP contribution in [0.2, 0.25) is 5.02 Å². The minimum Gasteiger partial charge on any atom is -0.455 e. The Morgan fingerprint density at radius 1 is 1.17 bits per heavy atom. The fourth-order valence-corrected chi connectivity index (χ4v) is 1.72. The molecule has 0 spiro atoms. The Morgan fingerprint density at radius 3 is 2.50 bits per heavy atom. The van der Waals surface area contributed by atoms with Gasteiger partial charge in [-0.05, 0) is 24.3 Å². The largest absolute Gasteiger partial charge is 0.455 e. The summed E-state index contributed by atoms with van der Waals surface area (Å²) in [5, 5.41) is 0.245. The van der Waals surface area contributed by atoms with E-state index < -0.39 is 5.91 Å². The van der Waals surface area contributed by atoms with E-state index in [1.807, 2.05) is 12.1 Å². The minimum absolute atomic E-state index is 0.245. The third kappa shape index (κ3) is 2.55. The number of anilines is 1. The number of para-hydroxylation sites is 2. The van der Waals surface area contributed by atoms with Crippen molar-refractivity contribution in [1.82, 2.24) is 0 Å². The van der Waals surface area contributed by atoms with E-state index in [2.05, 4.69) is 0 Å². The summed E-state index contributed by atoms with van der Waals surface area (Å²) in [6, 6.07) is 11.7. The van der Waals surface area contributed by atoms with Gasteiger partial charge in [-0.2, -0.15) is 0 Å². The van der Waals surface area contributed by atoms with Gasteiger partial charge in [0.1, 0.15) is 11.5 Å². The number of amides is 1. The van der Waals surface area contributed by atoms with E-state index in [9.17, 15) is 4.79 Å². The predicted molar refractivity (Wildman–Crippen MR) is 70.9 cm³/mol. The third-order valence-electron chi connectivity index (χ3n) is 2.35. The first-order valence-corrected chi connectivity index (χ1v) is 5.57. The Morgan fingerprint density at radius 2 is 1.89 bits per heavy atom. The highest BCUT2D eigenvalue weighted by Crippen LogP contribution is 2.29. The lowest BCUT2D eigenvalue weighted by atomic mass is 10.2. The quantitative estimate of drug-likeness (QED) is 0.835. The van der Waals surface area contributed by atoms with Crippen molar-refractivity contribution in [3.63, 3.8) is 0 Å². The standard InChI is InChI=1S/C13H11ClN2O2/c14-10-7-8(5-6-9(10)13(16)17)18-12-4-2-1-3-11(12)15/h1-7H,15H2,(H2,16,17). The molecule has 0 aromatic heterocycles. The second-order valence-corrected chi connectivity index (χ2v) is 4.05. The Kier molecular flexibility index (Phi) is 3.39. The fraction of sp³-hybridized carbons (Fsp3) is 0. The maximum absolute atomic E-state index is 11.0. The fourth-order valence-electron chi connectivity index (χ4n) is 1.46. The maximum Gasteiger partial charge on any atom is 0.250 e. The van der Waals surface area contributed by atoms with Gasteiger partial charge in [0.15, 0.2) is 0 Å². The molecule has 0 saturated carbocycles. The number of halogens is 1. The van der Waals surface area contributed by atoms with Crippen LogP contribution in [0, 0.1) is 0 Å². The van der Waals surface area contributed by atoms with Gasteiger partial charge in [0.05, 0.1) is 16.3 Å². The molecule has 1 amide bonds. The molecular weight excluding hydrogens is 252 g/mol. The Hall–Kier alpha value is -2.20. The van der Waals surface area contributed by atoms with Gasteiger partial charge in [-0.15, -0.1) is 0 Å². The Balaban J connectivity index is 2.29. The number of rotatable bonds is 3. The summed E-state index contributed by atoms with van der Waals surface area (Å²) in [5.74, 6) is 0.439. The summed E-state index contributed by atoms with van der Waals surface area (Å²) in [6.07, 6.45) is 0. The number of carbonyl (C=O) groups is 1. The molecule has 0 unspecified atom stereocenters. The first kappa shape index (κ1) is 12.3. The Labute approximate surface area is 109 Å². The number of hydrogen-bond donors (Lipinski definition) is 2. The molecule has 0 heterocycles. The van der Waals surface area contributed by atoms with Crippen LogP contribution in [0.15, 0.2) is 42.5 Å². The van der Waals surface area contributed by atoms with Gasteiger partial charge in [0, 0.05) is 6.07 Å². The van der Waals surface area contributed by atoms with E-state index in [0.29, 0.717) is 17.2 Å². The van der Waals surface area contributed by atoms with Crippen LogP contribution in [0.25, 0.3) is 0 Å². The van der Waals surface area contributed by atoms with Crippen LogP contribution in [-0.2, 0) is 0 Å². The van der Waals surface area contributed by atoms with Crippen LogP contribution in [-0.4, -0.2) is 5.91 Å². The molecule has 18 heavy (non-hydrogen) atoms. The van der Waals surface area contributed by atoms with Gasteiger partial charge in [-0.3, -0.25) is 4.79 Å². The zero-order chi connectivity index (χ0) is 13.1. The molecule has 0 fully saturated rings. The first-order chi connectivity index (χ1) is 8.58. The number of primary amides is 1. The van der Waals surface area contributed by atoms with E-state index in [-0.39, 0.29) is 10.6 Å². The third-order valence-corrected chi connectivity index (χ3v) is 2.67. The normalized spacial score (nSPS) is 10.1. The minimum atomic E-state index is -0.578. The highest BCUT2D eigenvalue weighted by atomic mass is 35.5. The zero-order valence-corrected chi connectivity index (χ0v) is 10.1. The lowest BCUT2D eigenvalue weighted by molar-refractivity contribution is 0.100. The van der Waals surface area contributed by atoms with Crippen molar-refractivity contribution in [2.24, 2.45) is 5.73 Å². The average Bonchev–Trinajstić information content (AvgIpc) is 2.32. The second kappa shape index (κ2) is 4.98. The maximum atomic E-state index is 11.0. The number of carbonyl (C=O) groups excluding carboxylic acids is 1. The van der Waals surface area contributed by atoms with Crippen LogP contribution in [0.3, 0.4) is 0 Å². The molecule has 0 aliphatic heterocycles. The zero-order valence-electron chi connectivity index (χ0n) is 9.39. The molecule has 2 aromatic rings. The number of benzene rings is 2. The van der Waals surface area contributed by atoms with E-state index in [0.717, 1.165) is 0 Å². The predicted octanol–water partition coefficient (Wildman–Crippen LogP) is 2.81. The molecule has 0 saturated heterocycles. The topological polar surface area (TPSA) is 78.3 Å². The van der Waals surface area contributed by atoms with Crippen molar-refractivity contribution in [2.45, 2.75) is 0 Å². The molecule has 2 aromatic carbocycles. The lowest BCUT2D eigenvalue weighted by Crippen LogP contribution is -2.11. The van der Waals surface area contributed by atoms with Gasteiger partial charge < -0.3 is 16.2 Å². The van der Waals surface area contributed by atoms with Gasteiger partial charge in [-0.1, -0.05) is 23.7 Å². The lowest BCUT2D eigenvalue weighted by Gasteiger charge is -2.09. The van der Waals surface area contributed by atoms with Crippen molar-refractivity contribution in [1.29, 1.82) is 0 Å². The van der Waals surface area contributed by atoms with Gasteiger partial charge >= 0.3 is 0 Å². The summed E-state index contributed by atoms with van der Waals surface area (Å²) >= 11 is 5.92. The van der Waals surface area contributed by atoms with Crippen molar-refractivity contribution in [2.75, 3.05) is 5.73 Å². The molecule has 92 valence electrons. The molecule has 0 bridgehead atoms. The van der Waals surface area contributed by atoms with Crippen LogP contribution in [0.4, 0.5) is 5.69 Å². The number of nitrogen functional groups attached to an aromatic ring is 1. The molecule has 4 nitrogen and oxygen atoms in total. The number of ether oxygens (including phenoxy) is 1. The molecule has 4 N–H and O–H groups in total. The monoisotopic (exact) mass is 262 g/mol. The first-order valence-electron chi connectivity index (χ1n) is 5.19. The van der Waals surface area contributed by atoms with E-state index in [4.69, 9.17) is 27.8 Å². The molecule has 0 aliphatic rings. The number of hydrogen-bond acceptors (Lipinski definition) is 3. The van der Waals surface area contributed by atoms with Crippen molar-refractivity contribution in [3.8, 4) is 11.5 Å². The molecular formula is C13H11ClN2O2. The summed E-state index contributed by atoms with van der Waals surface area (Å²) < 4.78 is 5.56. The van der Waals surface area contributed by atoms with E-state index >= 15 is 0 Å². The molecule has 0 atom stereocenters. The van der Waals surface area contributed by atoms with Gasteiger partial charge in [-0.25, -0.2) is 0 Å². The SMILES string of the molecule is NC(=O)c1ccc(Oc2ccccc2N)cc1Cl. The molecule has 0 radical (unpaired) electrons. The van der Waals surface area contributed by atoms with Crippen molar-refractivity contribution >= 4 is 23.2 Å². The van der Waals surface area contributed by atoms with Crippen LogP contribution in [0.5, 0.6) is 11.5 Å².